The van der Waals surface area contributed by atoms with Crippen molar-refractivity contribution >= 4 is 27.2 Å². The molecule has 0 bridgehead atoms. The van der Waals surface area contributed by atoms with Crippen molar-refractivity contribution in [3.8, 4) is 0 Å². The summed E-state index contributed by atoms with van der Waals surface area (Å²) in [5, 5.41) is 2.52. The second-order valence-corrected chi connectivity index (χ2v) is 7.80. The van der Waals surface area contributed by atoms with Crippen LogP contribution in [0.3, 0.4) is 0 Å². The van der Waals surface area contributed by atoms with Gasteiger partial charge >= 0.3 is 0 Å². The number of carbonyl (C=O) groups is 2. The first-order chi connectivity index (χ1) is 11.2. The summed E-state index contributed by atoms with van der Waals surface area (Å²) in [4.78, 5) is 23.9. The molecule has 0 fully saturated rings. The SMILES string of the molecule is Cc1ccc(NC(=O)CS(=O)(=O)CC(=O)c2ccc(C)cc2)cc1. The van der Waals surface area contributed by atoms with Crippen LogP contribution in [0.5, 0.6) is 0 Å². The van der Waals surface area contributed by atoms with Crippen molar-refractivity contribution in [1.82, 2.24) is 0 Å². The van der Waals surface area contributed by atoms with Crippen LogP contribution in [0.25, 0.3) is 0 Å². The Hall–Kier alpha value is -2.47. The number of hydrogen-bond acceptors (Lipinski definition) is 4. The molecule has 0 heterocycles. The first kappa shape index (κ1) is 17.9. The lowest BCUT2D eigenvalue weighted by Gasteiger charge is -2.07. The number of sulfone groups is 1. The van der Waals surface area contributed by atoms with Gasteiger partial charge in [0.2, 0.25) is 5.91 Å². The monoisotopic (exact) mass is 345 g/mol. The Morgan fingerprint density at radius 3 is 1.88 bits per heavy atom. The third kappa shape index (κ3) is 5.31. The Labute approximate surface area is 141 Å². The summed E-state index contributed by atoms with van der Waals surface area (Å²) >= 11 is 0. The van der Waals surface area contributed by atoms with E-state index in [0.717, 1.165) is 11.1 Å². The van der Waals surface area contributed by atoms with E-state index >= 15 is 0 Å². The Morgan fingerprint density at radius 2 is 1.33 bits per heavy atom. The van der Waals surface area contributed by atoms with Crippen LogP contribution >= 0.6 is 0 Å². The number of aryl methyl sites for hydroxylation is 2. The molecule has 6 heteroatoms. The van der Waals surface area contributed by atoms with Crippen LogP contribution in [0.1, 0.15) is 21.5 Å². The zero-order chi connectivity index (χ0) is 17.7. The van der Waals surface area contributed by atoms with E-state index in [-0.39, 0.29) is 0 Å². The molecule has 0 radical (unpaired) electrons. The molecule has 5 nitrogen and oxygen atoms in total. The fraction of sp³-hybridized carbons (Fsp3) is 0.222. The molecule has 0 atom stereocenters. The highest BCUT2D eigenvalue weighted by Crippen LogP contribution is 2.10. The highest BCUT2D eigenvalue weighted by Gasteiger charge is 2.21. The smallest absolute Gasteiger partial charge is 0.239 e. The third-order valence-electron chi connectivity index (χ3n) is 3.41. The van der Waals surface area contributed by atoms with Gasteiger partial charge in [0.15, 0.2) is 15.6 Å². The maximum absolute atomic E-state index is 12.1. The minimum atomic E-state index is -3.83. The fourth-order valence-corrected chi connectivity index (χ4v) is 3.25. The second-order valence-electron chi connectivity index (χ2n) is 5.74. The van der Waals surface area contributed by atoms with Crippen molar-refractivity contribution in [1.29, 1.82) is 0 Å². The Morgan fingerprint density at radius 1 is 0.833 bits per heavy atom. The van der Waals surface area contributed by atoms with E-state index in [1.807, 2.05) is 26.0 Å². The fourth-order valence-electron chi connectivity index (χ4n) is 2.11. The van der Waals surface area contributed by atoms with Crippen molar-refractivity contribution in [3.05, 3.63) is 65.2 Å². The number of nitrogens with one attached hydrogen (secondary N) is 1. The molecule has 2 rings (SSSR count). The minimum absolute atomic E-state index is 0.322. The number of amides is 1. The highest BCUT2D eigenvalue weighted by atomic mass is 32.2. The number of rotatable bonds is 6. The van der Waals surface area contributed by atoms with Gasteiger partial charge in [0.1, 0.15) is 11.5 Å². The molecular weight excluding hydrogens is 326 g/mol. The van der Waals surface area contributed by atoms with Crippen LogP contribution in [0.2, 0.25) is 0 Å². The van der Waals surface area contributed by atoms with E-state index in [2.05, 4.69) is 5.32 Å². The lowest BCUT2D eigenvalue weighted by molar-refractivity contribution is -0.113. The van der Waals surface area contributed by atoms with Crippen LogP contribution in [0, 0.1) is 13.8 Å². The van der Waals surface area contributed by atoms with Gasteiger partial charge < -0.3 is 5.32 Å². The number of ketones is 1. The molecule has 0 aromatic heterocycles. The van der Waals surface area contributed by atoms with Gasteiger partial charge in [-0.1, -0.05) is 47.5 Å². The standard InChI is InChI=1S/C18H19NO4S/c1-13-3-7-15(8-4-13)17(20)11-24(22,23)12-18(21)19-16-9-5-14(2)6-10-16/h3-10H,11-12H2,1-2H3,(H,19,21). The van der Waals surface area contributed by atoms with Crippen molar-refractivity contribution < 1.29 is 18.0 Å². The Balaban J connectivity index is 1.97. The van der Waals surface area contributed by atoms with Crippen LogP contribution in [-0.2, 0) is 14.6 Å². The quantitative estimate of drug-likeness (QED) is 0.816. The molecule has 0 saturated carbocycles. The third-order valence-corrected chi connectivity index (χ3v) is 4.81. The van der Waals surface area contributed by atoms with E-state index < -0.39 is 33.0 Å². The molecule has 2 aromatic rings. The molecule has 126 valence electrons. The van der Waals surface area contributed by atoms with Gasteiger partial charge in [-0.25, -0.2) is 8.42 Å². The van der Waals surface area contributed by atoms with E-state index in [9.17, 15) is 18.0 Å². The Kier molecular flexibility index (Phi) is 5.51. The first-order valence-electron chi connectivity index (χ1n) is 7.42. The average Bonchev–Trinajstić information content (AvgIpc) is 2.49. The van der Waals surface area contributed by atoms with Crippen LogP contribution in [0.4, 0.5) is 5.69 Å². The van der Waals surface area contributed by atoms with E-state index in [1.165, 1.54) is 0 Å². The lowest BCUT2D eigenvalue weighted by Crippen LogP contribution is -2.27. The molecular formula is C18H19NO4S. The second kappa shape index (κ2) is 7.40. The number of anilines is 1. The maximum atomic E-state index is 12.1. The van der Waals surface area contributed by atoms with Gasteiger partial charge in [0.25, 0.3) is 0 Å². The zero-order valence-corrected chi connectivity index (χ0v) is 14.4. The largest absolute Gasteiger partial charge is 0.325 e. The van der Waals surface area contributed by atoms with Crippen molar-refractivity contribution in [2.24, 2.45) is 0 Å². The van der Waals surface area contributed by atoms with Crippen molar-refractivity contribution in [2.45, 2.75) is 13.8 Å². The molecule has 0 spiro atoms. The zero-order valence-electron chi connectivity index (χ0n) is 13.6. The summed E-state index contributed by atoms with van der Waals surface area (Å²) in [7, 11) is -3.83. The number of hydrogen-bond donors (Lipinski definition) is 1. The maximum Gasteiger partial charge on any atom is 0.239 e. The molecule has 1 amide bonds. The summed E-state index contributed by atoms with van der Waals surface area (Å²) < 4.78 is 24.1. The predicted molar refractivity (Wildman–Crippen MR) is 94.0 cm³/mol. The van der Waals surface area contributed by atoms with Gasteiger partial charge in [-0.2, -0.15) is 0 Å². The van der Waals surface area contributed by atoms with Gasteiger partial charge in [-0.15, -0.1) is 0 Å². The number of benzene rings is 2. The average molecular weight is 345 g/mol. The predicted octanol–water partition coefficient (Wildman–Crippen LogP) is 2.54. The summed E-state index contributed by atoms with van der Waals surface area (Å²) in [6, 6.07) is 13.7. The minimum Gasteiger partial charge on any atom is -0.325 e. The van der Waals surface area contributed by atoms with Gasteiger partial charge in [-0.05, 0) is 26.0 Å². The normalized spacial score (nSPS) is 11.1. The van der Waals surface area contributed by atoms with E-state index in [0.29, 0.717) is 11.3 Å². The molecule has 0 aliphatic rings. The van der Waals surface area contributed by atoms with Gasteiger partial charge in [0.05, 0.1) is 0 Å². The molecule has 0 saturated heterocycles. The molecule has 0 aliphatic carbocycles. The molecule has 0 unspecified atom stereocenters. The Bertz CT molecular complexity index is 838. The first-order valence-corrected chi connectivity index (χ1v) is 9.24. The molecule has 1 N–H and O–H groups in total. The molecule has 0 aliphatic heterocycles. The van der Waals surface area contributed by atoms with Crippen molar-refractivity contribution in [3.63, 3.8) is 0 Å². The van der Waals surface area contributed by atoms with E-state index in [4.69, 9.17) is 0 Å². The van der Waals surface area contributed by atoms with E-state index in [1.54, 1.807) is 36.4 Å². The summed E-state index contributed by atoms with van der Waals surface area (Å²) in [5.74, 6) is -2.58. The number of Topliss-reactive ketones (excluding diaryl/α,β-unsaturated/α-hetero) is 1. The topological polar surface area (TPSA) is 80.3 Å². The van der Waals surface area contributed by atoms with Crippen LogP contribution in [0.15, 0.2) is 48.5 Å². The summed E-state index contributed by atoms with van der Waals surface area (Å²) in [6.45, 7) is 3.78. The molecule has 2 aromatic carbocycles. The number of carbonyl (C=O) groups excluding carboxylic acids is 2. The highest BCUT2D eigenvalue weighted by molar-refractivity contribution is 7.92. The van der Waals surface area contributed by atoms with Gasteiger partial charge in [-0.3, -0.25) is 9.59 Å². The summed E-state index contributed by atoms with van der Waals surface area (Å²) in [6.07, 6.45) is 0. The van der Waals surface area contributed by atoms with Crippen LogP contribution in [-0.4, -0.2) is 31.6 Å². The van der Waals surface area contributed by atoms with Crippen molar-refractivity contribution in [2.75, 3.05) is 16.8 Å². The molecule has 24 heavy (non-hydrogen) atoms. The summed E-state index contributed by atoms with van der Waals surface area (Å²) in [5.41, 5.74) is 2.85. The van der Waals surface area contributed by atoms with Crippen LogP contribution < -0.4 is 5.32 Å². The lowest BCUT2D eigenvalue weighted by atomic mass is 10.1. The van der Waals surface area contributed by atoms with Gasteiger partial charge in [0, 0.05) is 11.3 Å².